The third-order valence-corrected chi connectivity index (χ3v) is 7.37. The summed E-state index contributed by atoms with van der Waals surface area (Å²) in [4.78, 5) is 50.7. The third kappa shape index (κ3) is 6.73. The van der Waals surface area contributed by atoms with Gasteiger partial charge in [-0.25, -0.2) is 0 Å². The number of allylic oxidation sites excluding steroid dienone is 2. The van der Waals surface area contributed by atoms with Gasteiger partial charge in [0.25, 0.3) is 11.8 Å². The maximum absolute atomic E-state index is 12.9. The minimum absolute atomic E-state index is 0.0612. The monoisotopic (exact) mass is 604 g/mol. The molecule has 0 fully saturated rings. The maximum Gasteiger partial charge on any atom is 0.290 e. The summed E-state index contributed by atoms with van der Waals surface area (Å²) in [6, 6.07) is 17.1. The van der Waals surface area contributed by atoms with Gasteiger partial charge in [0, 0.05) is 33.6 Å². The van der Waals surface area contributed by atoms with Crippen molar-refractivity contribution >= 4 is 58.0 Å². The highest BCUT2D eigenvalue weighted by Gasteiger charge is 2.30. The van der Waals surface area contributed by atoms with Gasteiger partial charge < -0.3 is 20.1 Å². The quantitative estimate of drug-likeness (QED) is 0.323. The van der Waals surface area contributed by atoms with Crippen molar-refractivity contribution in [2.45, 2.75) is 38.9 Å². The molecule has 42 heavy (non-hydrogen) atoms. The fourth-order valence-electron chi connectivity index (χ4n) is 4.67. The summed E-state index contributed by atoms with van der Waals surface area (Å²) in [6.45, 7) is 3.62. The SMILES string of the molecule is Cc1cc(Cl)ccc1NC(=O)C1=CC(=O)CC(c2ccc(C3CC(=O)C=C(C(=O)Nc4ccc(Cl)cc4C)O3)cc2)O1. The van der Waals surface area contributed by atoms with Crippen LogP contribution in [0.1, 0.15) is 47.3 Å². The molecule has 0 aliphatic carbocycles. The van der Waals surface area contributed by atoms with E-state index in [0.29, 0.717) is 32.5 Å². The van der Waals surface area contributed by atoms with Crippen LogP contribution in [0.4, 0.5) is 11.4 Å². The van der Waals surface area contributed by atoms with Crippen LogP contribution in [0.5, 0.6) is 0 Å². The molecule has 2 unspecified atom stereocenters. The van der Waals surface area contributed by atoms with E-state index in [2.05, 4.69) is 10.6 Å². The Morgan fingerprint density at radius 3 is 1.40 bits per heavy atom. The standard InChI is InChI=1S/C32H26Cl2N2O6/c1-17-11-21(33)7-9-25(17)35-31(39)29-15-23(37)13-27(41-29)19-3-5-20(6-4-19)28-14-24(38)16-30(42-28)32(40)36-26-10-8-22(34)12-18(26)2/h3-12,15-16,27-28H,13-14H2,1-2H3,(H,35,39)(H,36,40). The number of ether oxygens (including phenoxy) is 2. The van der Waals surface area contributed by atoms with Crippen LogP contribution in [-0.2, 0) is 28.7 Å². The number of halogens is 2. The van der Waals surface area contributed by atoms with Gasteiger partial charge >= 0.3 is 0 Å². The zero-order valence-electron chi connectivity index (χ0n) is 22.7. The first-order valence-corrected chi connectivity index (χ1v) is 13.9. The van der Waals surface area contributed by atoms with Crippen LogP contribution >= 0.6 is 23.2 Å². The zero-order chi connectivity index (χ0) is 30.0. The van der Waals surface area contributed by atoms with Crippen molar-refractivity contribution in [1.82, 2.24) is 0 Å². The molecule has 0 bridgehead atoms. The number of ketones is 2. The van der Waals surface area contributed by atoms with Crippen molar-refractivity contribution in [3.63, 3.8) is 0 Å². The van der Waals surface area contributed by atoms with E-state index in [0.717, 1.165) is 11.1 Å². The number of carbonyl (C=O) groups is 4. The number of nitrogens with one attached hydrogen (secondary N) is 2. The summed E-state index contributed by atoms with van der Waals surface area (Å²) < 4.78 is 11.8. The number of hydrogen-bond acceptors (Lipinski definition) is 6. The smallest absolute Gasteiger partial charge is 0.290 e. The van der Waals surface area contributed by atoms with E-state index in [9.17, 15) is 19.2 Å². The molecule has 8 nitrogen and oxygen atoms in total. The molecule has 3 aromatic carbocycles. The van der Waals surface area contributed by atoms with Crippen LogP contribution in [0.3, 0.4) is 0 Å². The summed E-state index contributed by atoms with van der Waals surface area (Å²) in [5.74, 6) is -1.76. The van der Waals surface area contributed by atoms with E-state index in [-0.39, 0.29) is 35.9 Å². The minimum Gasteiger partial charge on any atom is -0.479 e. The Kier molecular flexibility index (Phi) is 8.47. The number of rotatable bonds is 6. The summed E-state index contributed by atoms with van der Waals surface area (Å²) in [6.07, 6.45) is 1.15. The number of amides is 2. The first-order chi connectivity index (χ1) is 20.0. The van der Waals surface area contributed by atoms with E-state index < -0.39 is 24.0 Å². The van der Waals surface area contributed by atoms with Crippen molar-refractivity contribution in [3.05, 3.63) is 117 Å². The van der Waals surface area contributed by atoms with E-state index >= 15 is 0 Å². The molecule has 5 rings (SSSR count). The number of benzene rings is 3. The highest BCUT2D eigenvalue weighted by atomic mass is 35.5. The van der Waals surface area contributed by atoms with Gasteiger partial charge in [0.1, 0.15) is 12.2 Å². The third-order valence-electron chi connectivity index (χ3n) is 6.90. The normalized spacial score (nSPS) is 18.3. The Balaban J connectivity index is 1.25. The number of carbonyl (C=O) groups excluding carboxylic acids is 4. The molecular weight excluding hydrogens is 579 g/mol. The zero-order valence-corrected chi connectivity index (χ0v) is 24.2. The van der Waals surface area contributed by atoms with Crippen LogP contribution in [0.15, 0.2) is 84.3 Å². The van der Waals surface area contributed by atoms with Crippen LogP contribution in [-0.4, -0.2) is 23.4 Å². The minimum atomic E-state index is -0.679. The van der Waals surface area contributed by atoms with Gasteiger partial charge in [-0.3, -0.25) is 19.2 Å². The molecule has 214 valence electrons. The van der Waals surface area contributed by atoms with Crippen LogP contribution in [0.2, 0.25) is 10.0 Å². The molecule has 0 saturated carbocycles. The fourth-order valence-corrected chi connectivity index (χ4v) is 5.12. The Morgan fingerprint density at radius 1 is 0.667 bits per heavy atom. The predicted molar refractivity (Wildman–Crippen MR) is 159 cm³/mol. The first-order valence-electron chi connectivity index (χ1n) is 13.1. The molecule has 2 N–H and O–H groups in total. The van der Waals surface area contributed by atoms with Crippen molar-refractivity contribution < 1.29 is 28.7 Å². The highest BCUT2D eigenvalue weighted by Crippen LogP contribution is 2.34. The second-order valence-corrected chi connectivity index (χ2v) is 10.9. The molecule has 0 aromatic heterocycles. The fraction of sp³-hybridized carbons (Fsp3) is 0.188. The second kappa shape index (κ2) is 12.2. The summed E-state index contributed by atoms with van der Waals surface area (Å²) in [5, 5.41) is 6.60. The second-order valence-electron chi connectivity index (χ2n) is 10.1. The number of aryl methyl sites for hydroxylation is 2. The van der Waals surface area contributed by atoms with Crippen LogP contribution < -0.4 is 10.6 Å². The van der Waals surface area contributed by atoms with Gasteiger partial charge in [0.05, 0.1) is 12.8 Å². The van der Waals surface area contributed by atoms with E-state index in [1.165, 1.54) is 12.2 Å². The van der Waals surface area contributed by atoms with Gasteiger partial charge in [-0.2, -0.15) is 0 Å². The largest absolute Gasteiger partial charge is 0.479 e. The average molecular weight is 605 g/mol. The molecule has 0 spiro atoms. The van der Waals surface area contributed by atoms with Crippen molar-refractivity contribution in [1.29, 1.82) is 0 Å². The lowest BCUT2D eigenvalue weighted by Gasteiger charge is -2.26. The van der Waals surface area contributed by atoms with E-state index in [1.807, 2.05) is 13.8 Å². The van der Waals surface area contributed by atoms with Gasteiger partial charge in [-0.05, 0) is 72.5 Å². The van der Waals surface area contributed by atoms with Crippen LogP contribution in [0.25, 0.3) is 0 Å². The Hall–Kier alpha value is -4.40. The molecule has 2 aliphatic rings. The molecule has 2 atom stereocenters. The molecular formula is C32H26Cl2N2O6. The number of anilines is 2. The van der Waals surface area contributed by atoms with Gasteiger partial charge in [0.15, 0.2) is 23.1 Å². The number of hydrogen-bond donors (Lipinski definition) is 2. The van der Waals surface area contributed by atoms with Crippen molar-refractivity contribution in [2.24, 2.45) is 0 Å². The van der Waals surface area contributed by atoms with Crippen molar-refractivity contribution in [3.8, 4) is 0 Å². The van der Waals surface area contributed by atoms with Crippen LogP contribution in [0, 0.1) is 13.8 Å². The molecule has 2 amide bonds. The summed E-state index contributed by atoms with van der Waals surface area (Å²) >= 11 is 12.0. The first kappa shape index (κ1) is 29.1. The lowest BCUT2D eigenvalue weighted by Crippen LogP contribution is -2.25. The predicted octanol–water partition coefficient (Wildman–Crippen LogP) is 6.72. The Labute approximate surface area is 252 Å². The summed E-state index contributed by atoms with van der Waals surface area (Å²) in [5.41, 5.74) is 3.99. The molecule has 2 aliphatic heterocycles. The lowest BCUT2D eigenvalue weighted by molar-refractivity contribution is -0.124. The topological polar surface area (TPSA) is 111 Å². The van der Waals surface area contributed by atoms with E-state index in [1.54, 1.807) is 60.7 Å². The molecule has 0 saturated heterocycles. The molecule has 10 heteroatoms. The van der Waals surface area contributed by atoms with Gasteiger partial charge in [-0.15, -0.1) is 0 Å². The highest BCUT2D eigenvalue weighted by molar-refractivity contribution is 6.31. The molecule has 3 aromatic rings. The van der Waals surface area contributed by atoms with Gasteiger partial charge in [-0.1, -0.05) is 47.5 Å². The Morgan fingerprint density at radius 2 is 1.05 bits per heavy atom. The Bertz CT molecular complexity index is 1540. The van der Waals surface area contributed by atoms with Crippen molar-refractivity contribution in [2.75, 3.05) is 10.6 Å². The summed E-state index contributed by atoms with van der Waals surface area (Å²) in [7, 11) is 0. The molecule has 0 radical (unpaired) electrons. The average Bonchev–Trinajstić information content (AvgIpc) is 2.95. The maximum atomic E-state index is 12.9. The molecule has 2 heterocycles. The van der Waals surface area contributed by atoms with Gasteiger partial charge in [0.2, 0.25) is 0 Å². The lowest BCUT2D eigenvalue weighted by atomic mass is 9.96. The van der Waals surface area contributed by atoms with E-state index in [4.69, 9.17) is 32.7 Å².